The standard InChI is InChI=1S/C26H30ClN3O5/c1-4-30(26(31)35-17-9-7-5-6-8-10-17)22-12-11-18(13-20(22)27)34-25-19-14-23(32-2)24(33-3)15-21(19)28-16-29-25/h11-17H,4-10H2,1-3H3. The van der Waals surface area contributed by atoms with Crippen molar-refractivity contribution in [3.8, 4) is 23.1 Å². The Morgan fingerprint density at radius 2 is 1.74 bits per heavy atom. The summed E-state index contributed by atoms with van der Waals surface area (Å²) in [5, 5.41) is 1.03. The maximum Gasteiger partial charge on any atom is 0.414 e. The first-order chi connectivity index (χ1) is 17.0. The van der Waals surface area contributed by atoms with Crippen LogP contribution < -0.4 is 19.1 Å². The summed E-state index contributed by atoms with van der Waals surface area (Å²) in [5.74, 6) is 1.92. The average molecular weight is 500 g/mol. The molecule has 4 rings (SSSR count). The van der Waals surface area contributed by atoms with Gasteiger partial charge in [-0.2, -0.15) is 0 Å². The smallest absolute Gasteiger partial charge is 0.414 e. The summed E-state index contributed by atoms with van der Waals surface area (Å²) in [5.41, 5.74) is 1.22. The Morgan fingerprint density at radius 1 is 1.03 bits per heavy atom. The Morgan fingerprint density at radius 3 is 2.40 bits per heavy atom. The van der Waals surface area contributed by atoms with Gasteiger partial charge in [0.05, 0.1) is 35.8 Å². The Labute approximate surface area is 210 Å². The van der Waals surface area contributed by atoms with Crippen LogP contribution in [0, 0.1) is 0 Å². The number of halogens is 1. The van der Waals surface area contributed by atoms with Gasteiger partial charge in [-0.1, -0.05) is 24.4 Å². The third-order valence-electron chi connectivity index (χ3n) is 6.13. The number of carbonyl (C=O) groups is 1. The lowest BCUT2D eigenvalue weighted by molar-refractivity contribution is 0.0951. The predicted molar refractivity (Wildman–Crippen MR) is 135 cm³/mol. The molecule has 1 aliphatic carbocycles. The van der Waals surface area contributed by atoms with Gasteiger partial charge < -0.3 is 18.9 Å². The minimum Gasteiger partial charge on any atom is -0.493 e. The van der Waals surface area contributed by atoms with Crippen LogP contribution in [0.3, 0.4) is 0 Å². The fourth-order valence-corrected chi connectivity index (χ4v) is 4.56. The number of hydrogen-bond acceptors (Lipinski definition) is 7. The van der Waals surface area contributed by atoms with Crippen LogP contribution in [0.1, 0.15) is 45.4 Å². The molecule has 9 heteroatoms. The highest BCUT2D eigenvalue weighted by Gasteiger charge is 2.23. The molecule has 8 nitrogen and oxygen atoms in total. The third-order valence-corrected chi connectivity index (χ3v) is 6.44. The second kappa shape index (κ2) is 11.4. The van der Waals surface area contributed by atoms with E-state index in [2.05, 4.69) is 9.97 Å². The molecule has 1 saturated carbocycles. The second-order valence-corrected chi connectivity index (χ2v) is 8.77. The van der Waals surface area contributed by atoms with Crippen LogP contribution >= 0.6 is 11.6 Å². The summed E-state index contributed by atoms with van der Waals surface area (Å²) >= 11 is 6.59. The molecule has 2 aromatic carbocycles. The van der Waals surface area contributed by atoms with E-state index in [1.807, 2.05) is 6.92 Å². The molecule has 1 aromatic heterocycles. The monoisotopic (exact) mass is 499 g/mol. The number of fused-ring (bicyclic) bond motifs is 1. The third kappa shape index (κ3) is 5.70. The van der Waals surface area contributed by atoms with Crippen LogP contribution in [0.2, 0.25) is 5.02 Å². The SMILES string of the molecule is CCN(C(=O)OC1CCCCCC1)c1ccc(Oc2ncnc3cc(OC)c(OC)cc23)cc1Cl. The second-order valence-electron chi connectivity index (χ2n) is 8.36. The van der Waals surface area contributed by atoms with Crippen molar-refractivity contribution in [2.45, 2.75) is 51.6 Å². The number of rotatable bonds is 7. The van der Waals surface area contributed by atoms with Crippen LogP contribution in [0.4, 0.5) is 10.5 Å². The molecule has 1 fully saturated rings. The molecular weight excluding hydrogens is 470 g/mol. The number of nitrogens with zero attached hydrogens (tertiary/aromatic N) is 3. The zero-order valence-electron chi connectivity index (χ0n) is 20.3. The number of hydrogen-bond donors (Lipinski definition) is 0. The van der Waals surface area contributed by atoms with Gasteiger partial charge in [0.25, 0.3) is 0 Å². The molecule has 0 bridgehead atoms. The molecule has 0 unspecified atom stereocenters. The molecule has 186 valence electrons. The molecule has 0 aliphatic heterocycles. The lowest BCUT2D eigenvalue weighted by Crippen LogP contribution is -2.34. The molecule has 1 heterocycles. The molecule has 0 saturated heterocycles. The normalized spacial score (nSPS) is 14.3. The maximum absolute atomic E-state index is 12.9. The first kappa shape index (κ1) is 24.9. The van der Waals surface area contributed by atoms with Gasteiger partial charge in [0, 0.05) is 18.7 Å². The average Bonchev–Trinajstić information content (AvgIpc) is 3.13. The van der Waals surface area contributed by atoms with E-state index in [0.29, 0.717) is 51.3 Å². The predicted octanol–water partition coefficient (Wildman–Crippen LogP) is 6.78. The van der Waals surface area contributed by atoms with Crippen molar-refractivity contribution in [1.29, 1.82) is 0 Å². The minimum absolute atomic E-state index is 0.0397. The molecule has 0 N–H and O–H groups in total. The van der Waals surface area contributed by atoms with Gasteiger partial charge in [0.2, 0.25) is 5.88 Å². The van der Waals surface area contributed by atoms with Gasteiger partial charge in [0.15, 0.2) is 11.5 Å². The fraction of sp³-hybridized carbons (Fsp3) is 0.423. The molecule has 0 radical (unpaired) electrons. The van der Waals surface area contributed by atoms with E-state index in [-0.39, 0.29) is 12.2 Å². The van der Waals surface area contributed by atoms with Crippen molar-refractivity contribution in [2.24, 2.45) is 0 Å². The van der Waals surface area contributed by atoms with E-state index in [0.717, 1.165) is 25.7 Å². The zero-order valence-corrected chi connectivity index (χ0v) is 21.0. The summed E-state index contributed by atoms with van der Waals surface area (Å²) in [7, 11) is 3.13. The minimum atomic E-state index is -0.377. The summed E-state index contributed by atoms with van der Waals surface area (Å²) in [6.07, 6.45) is 7.39. The van der Waals surface area contributed by atoms with E-state index in [9.17, 15) is 4.79 Å². The molecule has 3 aromatic rings. The molecule has 0 atom stereocenters. The van der Waals surface area contributed by atoms with E-state index in [1.165, 1.54) is 19.2 Å². The van der Waals surface area contributed by atoms with Crippen LogP contribution in [0.15, 0.2) is 36.7 Å². The maximum atomic E-state index is 12.9. The number of aromatic nitrogens is 2. The van der Waals surface area contributed by atoms with E-state index in [1.54, 1.807) is 49.5 Å². The number of methoxy groups -OCH3 is 2. The Balaban J connectivity index is 1.55. The summed E-state index contributed by atoms with van der Waals surface area (Å²) < 4.78 is 22.6. The van der Waals surface area contributed by atoms with Gasteiger partial charge in [-0.25, -0.2) is 14.8 Å². The Kier molecular flexibility index (Phi) is 8.13. The summed E-state index contributed by atoms with van der Waals surface area (Å²) in [4.78, 5) is 23.0. The first-order valence-electron chi connectivity index (χ1n) is 11.9. The van der Waals surface area contributed by atoms with Crippen LogP contribution in [-0.2, 0) is 4.74 Å². The van der Waals surface area contributed by atoms with E-state index >= 15 is 0 Å². The van der Waals surface area contributed by atoms with Crippen LogP contribution in [0.5, 0.6) is 23.1 Å². The van der Waals surface area contributed by atoms with Crippen molar-refractivity contribution in [1.82, 2.24) is 9.97 Å². The van der Waals surface area contributed by atoms with Gasteiger partial charge in [0.1, 0.15) is 18.2 Å². The van der Waals surface area contributed by atoms with Crippen molar-refractivity contribution in [2.75, 3.05) is 25.7 Å². The highest BCUT2D eigenvalue weighted by molar-refractivity contribution is 6.33. The molecule has 0 spiro atoms. The van der Waals surface area contributed by atoms with Gasteiger partial charge in [-0.05, 0) is 50.8 Å². The topological polar surface area (TPSA) is 83.0 Å². The van der Waals surface area contributed by atoms with Gasteiger partial charge in [-0.15, -0.1) is 0 Å². The van der Waals surface area contributed by atoms with Crippen molar-refractivity contribution < 1.29 is 23.7 Å². The summed E-state index contributed by atoms with van der Waals surface area (Å²) in [6.45, 7) is 2.33. The molecule has 1 aliphatic rings. The molecule has 1 amide bonds. The van der Waals surface area contributed by atoms with Crippen molar-refractivity contribution in [3.63, 3.8) is 0 Å². The number of carbonyl (C=O) groups excluding carboxylic acids is 1. The summed E-state index contributed by atoms with van der Waals surface area (Å²) in [6, 6.07) is 8.69. The number of benzene rings is 2. The quantitative estimate of drug-likeness (QED) is 0.331. The van der Waals surface area contributed by atoms with Gasteiger partial charge in [-0.3, -0.25) is 4.90 Å². The van der Waals surface area contributed by atoms with E-state index < -0.39 is 0 Å². The lowest BCUT2D eigenvalue weighted by Gasteiger charge is -2.25. The van der Waals surface area contributed by atoms with Gasteiger partial charge >= 0.3 is 6.09 Å². The zero-order chi connectivity index (χ0) is 24.8. The van der Waals surface area contributed by atoms with E-state index in [4.69, 9.17) is 30.5 Å². The Hall–Kier alpha value is -3.26. The van der Waals surface area contributed by atoms with Crippen molar-refractivity contribution >= 4 is 34.3 Å². The molecular formula is C26H30ClN3O5. The largest absolute Gasteiger partial charge is 0.493 e. The van der Waals surface area contributed by atoms with Crippen LogP contribution in [0.25, 0.3) is 10.9 Å². The number of anilines is 1. The fourth-order valence-electron chi connectivity index (χ4n) is 4.29. The highest BCUT2D eigenvalue weighted by Crippen LogP contribution is 2.37. The highest BCUT2D eigenvalue weighted by atomic mass is 35.5. The molecule has 35 heavy (non-hydrogen) atoms. The number of amides is 1. The first-order valence-corrected chi connectivity index (χ1v) is 12.2. The van der Waals surface area contributed by atoms with Crippen LogP contribution in [-0.4, -0.2) is 42.9 Å². The number of ether oxygens (including phenoxy) is 4. The lowest BCUT2D eigenvalue weighted by atomic mass is 10.1. The van der Waals surface area contributed by atoms with Crippen molar-refractivity contribution in [3.05, 3.63) is 41.7 Å². The Bertz CT molecular complexity index is 1180.